The minimum atomic E-state index is -3.08. The van der Waals surface area contributed by atoms with E-state index in [4.69, 9.17) is 4.74 Å². The summed E-state index contributed by atoms with van der Waals surface area (Å²) in [6.07, 6.45) is -0.752. The molecule has 0 unspecified atom stereocenters. The van der Waals surface area contributed by atoms with Crippen molar-refractivity contribution in [1.82, 2.24) is 4.90 Å². The van der Waals surface area contributed by atoms with Crippen LogP contribution < -0.4 is 4.90 Å². The van der Waals surface area contributed by atoms with Crippen molar-refractivity contribution >= 4 is 11.8 Å². The molecule has 23 heavy (non-hydrogen) atoms. The topological polar surface area (TPSA) is 32.8 Å². The lowest BCUT2D eigenvalue weighted by Crippen LogP contribution is -2.44. The number of nitrogens with zero attached hydrogens (tertiary/aromatic N) is 2. The predicted octanol–water partition coefficient (Wildman–Crippen LogP) is 3.52. The first-order valence-corrected chi connectivity index (χ1v) is 7.42. The van der Waals surface area contributed by atoms with Crippen LogP contribution in [0.2, 0.25) is 0 Å². The summed E-state index contributed by atoms with van der Waals surface area (Å²) in [6, 6.07) is 5.36. The Labute approximate surface area is 133 Å². The minimum absolute atomic E-state index is 0.113. The Morgan fingerprint density at radius 3 is 2.30 bits per heavy atom. The Morgan fingerprint density at radius 2 is 1.74 bits per heavy atom. The van der Waals surface area contributed by atoms with Gasteiger partial charge in [-0.2, -0.15) is 0 Å². The summed E-state index contributed by atoms with van der Waals surface area (Å²) in [4.78, 5) is 14.5. The molecule has 0 radical (unpaired) electrons. The van der Waals surface area contributed by atoms with Gasteiger partial charge < -0.3 is 14.5 Å². The Morgan fingerprint density at radius 1 is 1.13 bits per heavy atom. The number of ether oxygens (including phenoxy) is 1. The molecule has 1 heterocycles. The average Bonchev–Trinajstić information content (AvgIpc) is 2.56. The van der Waals surface area contributed by atoms with E-state index in [1.54, 1.807) is 20.8 Å². The molecule has 0 N–H and O–H groups in total. The molecule has 1 fully saturated rings. The number of carbonyl (C=O) groups excluding carboxylic acids is 1. The molecule has 0 saturated carbocycles. The zero-order valence-corrected chi connectivity index (χ0v) is 13.5. The SMILES string of the molecule is CC(C)(C)OC(=O)N1CCN(c2ccc(F)cc2)CC(F)(F)C1. The molecule has 4 nitrogen and oxygen atoms in total. The molecule has 0 bridgehead atoms. The zero-order chi connectivity index (χ0) is 17.3. The van der Waals surface area contributed by atoms with Gasteiger partial charge in [0.05, 0.1) is 13.1 Å². The lowest BCUT2D eigenvalue weighted by Gasteiger charge is -2.27. The minimum Gasteiger partial charge on any atom is -0.444 e. The van der Waals surface area contributed by atoms with Gasteiger partial charge in [-0.15, -0.1) is 0 Å². The molecule has 1 aromatic rings. The number of rotatable bonds is 1. The molecule has 1 amide bonds. The van der Waals surface area contributed by atoms with E-state index in [-0.39, 0.29) is 13.1 Å². The van der Waals surface area contributed by atoms with E-state index in [9.17, 15) is 18.0 Å². The van der Waals surface area contributed by atoms with Crippen LogP contribution in [0, 0.1) is 5.82 Å². The second-order valence-electron chi connectivity index (χ2n) is 6.66. The fourth-order valence-corrected chi connectivity index (χ4v) is 2.36. The van der Waals surface area contributed by atoms with Crippen molar-refractivity contribution in [2.24, 2.45) is 0 Å². The molecular formula is C16H21F3N2O2. The lowest BCUT2D eigenvalue weighted by molar-refractivity contribution is -0.0284. The highest BCUT2D eigenvalue weighted by molar-refractivity contribution is 5.68. The molecular weight excluding hydrogens is 309 g/mol. The Kier molecular flexibility index (Phi) is 4.77. The van der Waals surface area contributed by atoms with Gasteiger partial charge in [0.1, 0.15) is 11.4 Å². The van der Waals surface area contributed by atoms with Crippen molar-refractivity contribution in [3.63, 3.8) is 0 Å². The normalized spacial score (nSPS) is 18.5. The van der Waals surface area contributed by atoms with E-state index in [0.717, 1.165) is 4.90 Å². The smallest absolute Gasteiger partial charge is 0.410 e. The maximum absolute atomic E-state index is 14.2. The van der Waals surface area contributed by atoms with Crippen molar-refractivity contribution in [2.45, 2.75) is 32.3 Å². The molecule has 0 aliphatic carbocycles. The van der Waals surface area contributed by atoms with Crippen LogP contribution in [-0.2, 0) is 4.74 Å². The van der Waals surface area contributed by atoms with Crippen molar-refractivity contribution in [1.29, 1.82) is 0 Å². The summed E-state index contributed by atoms with van der Waals surface area (Å²) >= 11 is 0. The first-order valence-electron chi connectivity index (χ1n) is 7.42. The highest BCUT2D eigenvalue weighted by atomic mass is 19.3. The quantitative estimate of drug-likeness (QED) is 0.790. The Balaban J connectivity index is 2.12. The third-order valence-corrected chi connectivity index (χ3v) is 3.33. The van der Waals surface area contributed by atoms with Crippen LogP contribution in [-0.4, -0.2) is 48.7 Å². The number of anilines is 1. The second kappa shape index (κ2) is 6.29. The van der Waals surface area contributed by atoms with Crippen LogP contribution in [0.4, 0.5) is 23.7 Å². The summed E-state index contributed by atoms with van der Waals surface area (Å²) in [5, 5.41) is 0. The number of hydrogen-bond donors (Lipinski definition) is 0. The molecule has 1 aromatic carbocycles. The summed E-state index contributed by atoms with van der Waals surface area (Å²) in [5.41, 5.74) is -0.243. The molecule has 0 atom stereocenters. The van der Waals surface area contributed by atoms with Gasteiger partial charge in [-0.25, -0.2) is 18.0 Å². The summed E-state index contributed by atoms with van der Waals surface area (Å²) in [7, 11) is 0. The number of amides is 1. The third kappa shape index (κ3) is 5.04. The summed E-state index contributed by atoms with van der Waals surface area (Å²) in [6.45, 7) is 4.17. The molecule has 7 heteroatoms. The van der Waals surface area contributed by atoms with Gasteiger partial charge in [0.15, 0.2) is 0 Å². The number of alkyl halides is 2. The standard InChI is InChI=1S/C16H21F3N2O2/c1-15(2,3)23-14(22)21-9-8-20(10-16(18,19)11-21)13-6-4-12(17)5-7-13/h4-7H,8-11H2,1-3H3. The Bertz CT molecular complexity index is 555. The van der Waals surface area contributed by atoms with Gasteiger partial charge in [0.25, 0.3) is 5.92 Å². The van der Waals surface area contributed by atoms with E-state index in [0.29, 0.717) is 5.69 Å². The highest BCUT2D eigenvalue weighted by Gasteiger charge is 2.40. The molecule has 128 valence electrons. The Hall–Kier alpha value is -1.92. The van der Waals surface area contributed by atoms with E-state index < -0.39 is 36.5 Å². The van der Waals surface area contributed by atoms with Gasteiger partial charge in [-0.1, -0.05) is 0 Å². The molecule has 0 aromatic heterocycles. The zero-order valence-electron chi connectivity index (χ0n) is 13.5. The maximum Gasteiger partial charge on any atom is 0.410 e. The summed E-state index contributed by atoms with van der Waals surface area (Å²) in [5.74, 6) is -3.51. The van der Waals surface area contributed by atoms with Crippen LogP contribution in [0.5, 0.6) is 0 Å². The number of benzene rings is 1. The van der Waals surface area contributed by atoms with Gasteiger partial charge in [-0.05, 0) is 45.0 Å². The number of halogens is 3. The van der Waals surface area contributed by atoms with Crippen LogP contribution in [0.25, 0.3) is 0 Å². The largest absolute Gasteiger partial charge is 0.444 e. The first-order chi connectivity index (χ1) is 10.6. The fraction of sp³-hybridized carbons (Fsp3) is 0.562. The van der Waals surface area contributed by atoms with Crippen molar-refractivity contribution in [2.75, 3.05) is 31.1 Å². The average molecular weight is 330 g/mol. The van der Waals surface area contributed by atoms with E-state index >= 15 is 0 Å². The van der Waals surface area contributed by atoms with Gasteiger partial charge in [-0.3, -0.25) is 0 Å². The van der Waals surface area contributed by atoms with E-state index in [1.165, 1.54) is 29.2 Å². The van der Waals surface area contributed by atoms with E-state index in [2.05, 4.69) is 0 Å². The van der Waals surface area contributed by atoms with Crippen molar-refractivity contribution in [3.05, 3.63) is 30.1 Å². The van der Waals surface area contributed by atoms with Crippen LogP contribution in [0.3, 0.4) is 0 Å². The second-order valence-corrected chi connectivity index (χ2v) is 6.66. The first kappa shape index (κ1) is 17.4. The maximum atomic E-state index is 14.2. The predicted molar refractivity (Wildman–Crippen MR) is 81.4 cm³/mol. The monoisotopic (exact) mass is 330 g/mol. The van der Waals surface area contributed by atoms with Gasteiger partial charge in [0, 0.05) is 18.8 Å². The van der Waals surface area contributed by atoms with Crippen molar-refractivity contribution in [3.8, 4) is 0 Å². The highest BCUT2D eigenvalue weighted by Crippen LogP contribution is 2.26. The van der Waals surface area contributed by atoms with Crippen molar-refractivity contribution < 1.29 is 22.7 Å². The lowest BCUT2D eigenvalue weighted by atomic mass is 10.2. The van der Waals surface area contributed by atoms with Gasteiger partial charge >= 0.3 is 6.09 Å². The summed E-state index contributed by atoms with van der Waals surface area (Å²) < 4.78 is 46.5. The molecule has 2 rings (SSSR count). The van der Waals surface area contributed by atoms with Crippen LogP contribution >= 0.6 is 0 Å². The van der Waals surface area contributed by atoms with Crippen LogP contribution in [0.1, 0.15) is 20.8 Å². The molecule has 1 aliphatic rings. The number of carbonyl (C=O) groups is 1. The molecule has 1 saturated heterocycles. The third-order valence-electron chi connectivity index (χ3n) is 3.33. The number of hydrogen-bond acceptors (Lipinski definition) is 3. The van der Waals surface area contributed by atoms with Gasteiger partial charge in [0.2, 0.25) is 0 Å². The van der Waals surface area contributed by atoms with E-state index in [1.807, 2.05) is 0 Å². The van der Waals surface area contributed by atoms with Crippen LogP contribution in [0.15, 0.2) is 24.3 Å². The molecule has 0 spiro atoms. The molecule has 1 aliphatic heterocycles. The fourth-order valence-electron chi connectivity index (χ4n) is 2.36.